The van der Waals surface area contributed by atoms with E-state index in [0.29, 0.717) is 6.04 Å². The van der Waals surface area contributed by atoms with Gasteiger partial charge in [0.05, 0.1) is 0 Å². The average Bonchev–Trinajstić information content (AvgIpc) is 2.18. The third kappa shape index (κ3) is 5.25. The number of thioether (sulfide) groups is 1. The van der Waals surface area contributed by atoms with Crippen LogP contribution in [0.15, 0.2) is 29.4 Å². The molecule has 1 rings (SSSR count). The molecule has 2 N–H and O–H groups in total. The highest BCUT2D eigenvalue weighted by molar-refractivity contribution is 7.99. The molecule has 1 heterocycles. The van der Waals surface area contributed by atoms with Crippen molar-refractivity contribution < 1.29 is 0 Å². The predicted octanol–water partition coefficient (Wildman–Crippen LogP) is 2.69. The zero-order valence-electron chi connectivity index (χ0n) is 8.65. The Bertz CT molecular complexity index is 236. The number of nitrogens with two attached hydrogens (primary N) is 1. The van der Waals surface area contributed by atoms with Crippen LogP contribution in [0.25, 0.3) is 0 Å². The van der Waals surface area contributed by atoms with Crippen molar-refractivity contribution >= 4 is 11.8 Å². The smallest absolute Gasteiger partial charge is 0.0278 e. The zero-order chi connectivity index (χ0) is 10.2. The normalized spacial score (nSPS) is 12.7. The molecule has 14 heavy (non-hydrogen) atoms. The van der Waals surface area contributed by atoms with Gasteiger partial charge in [0.1, 0.15) is 0 Å². The average molecular weight is 210 g/mol. The summed E-state index contributed by atoms with van der Waals surface area (Å²) in [5.74, 6) is 1.18. The van der Waals surface area contributed by atoms with Gasteiger partial charge >= 0.3 is 0 Å². The number of rotatable bonds is 6. The molecule has 0 bridgehead atoms. The van der Waals surface area contributed by atoms with Gasteiger partial charge < -0.3 is 5.73 Å². The number of hydrogen-bond donors (Lipinski definition) is 1. The van der Waals surface area contributed by atoms with E-state index in [1.165, 1.54) is 23.5 Å². The number of aromatic nitrogens is 1. The number of hydrogen-bond acceptors (Lipinski definition) is 3. The molecule has 1 aromatic rings. The van der Waals surface area contributed by atoms with E-state index in [1.54, 1.807) is 0 Å². The lowest BCUT2D eigenvalue weighted by Crippen LogP contribution is -2.13. The Morgan fingerprint density at radius 1 is 1.36 bits per heavy atom. The van der Waals surface area contributed by atoms with Crippen molar-refractivity contribution in [3.05, 3.63) is 24.5 Å². The Kier molecular flexibility index (Phi) is 5.64. The summed E-state index contributed by atoms with van der Waals surface area (Å²) in [4.78, 5) is 5.29. The van der Waals surface area contributed by atoms with Gasteiger partial charge in [-0.3, -0.25) is 4.98 Å². The van der Waals surface area contributed by atoms with Gasteiger partial charge in [0.15, 0.2) is 0 Å². The molecule has 1 aromatic heterocycles. The van der Waals surface area contributed by atoms with Crippen LogP contribution in [-0.4, -0.2) is 16.8 Å². The lowest BCUT2D eigenvalue weighted by molar-refractivity contribution is 0.618. The first-order valence-electron chi connectivity index (χ1n) is 5.07. The summed E-state index contributed by atoms with van der Waals surface area (Å²) < 4.78 is 0. The summed E-state index contributed by atoms with van der Waals surface area (Å²) in [7, 11) is 0. The van der Waals surface area contributed by atoms with Crippen LogP contribution in [0.4, 0.5) is 0 Å². The summed E-state index contributed by atoms with van der Waals surface area (Å²) in [5.41, 5.74) is 5.67. The second-order valence-corrected chi connectivity index (χ2v) is 4.67. The van der Waals surface area contributed by atoms with Crippen molar-refractivity contribution in [2.45, 2.75) is 37.1 Å². The lowest BCUT2D eigenvalue weighted by Gasteiger charge is -2.04. The fraction of sp³-hybridized carbons (Fsp3) is 0.545. The fourth-order valence-corrected chi connectivity index (χ4v) is 2.09. The highest BCUT2D eigenvalue weighted by Crippen LogP contribution is 2.18. The second-order valence-electron chi connectivity index (χ2n) is 3.50. The van der Waals surface area contributed by atoms with Gasteiger partial charge in [-0.25, -0.2) is 0 Å². The van der Waals surface area contributed by atoms with E-state index >= 15 is 0 Å². The van der Waals surface area contributed by atoms with Gasteiger partial charge in [0.25, 0.3) is 0 Å². The molecule has 0 saturated heterocycles. The van der Waals surface area contributed by atoms with Crippen molar-refractivity contribution in [2.75, 3.05) is 5.75 Å². The molecule has 0 aliphatic rings. The molecule has 0 aliphatic heterocycles. The van der Waals surface area contributed by atoms with E-state index in [-0.39, 0.29) is 0 Å². The van der Waals surface area contributed by atoms with Crippen LogP contribution in [-0.2, 0) is 0 Å². The van der Waals surface area contributed by atoms with Crippen molar-refractivity contribution in [3.8, 4) is 0 Å². The maximum absolute atomic E-state index is 5.67. The van der Waals surface area contributed by atoms with Gasteiger partial charge in [0.2, 0.25) is 0 Å². The quantitative estimate of drug-likeness (QED) is 0.579. The minimum Gasteiger partial charge on any atom is -0.328 e. The van der Waals surface area contributed by atoms with Crippen molar-refractivity contribution in [1.82, 2.24) is 4.98 Å². The van der Waals surface area contributed by atoms with Crippen molar-refractivity contribution in [2.24, 2.45) is 5.73 Å². The van der Waals surface area contributed by atoms with E-state index < -0.39 is 0 Å². The van der Waals surface area contributed by atoms with Gasteiger partial charge in [-0.1, -0.05) is 6.42 Å². The monoisotopic (exact) mass is 210 g/mol. The largest absolute Gasteiger partial charge is 0.328 e. The van der Waals surface area contributed by atoms with Crippen LogP contribution in [0, 0.1) is 0 Å². The maximum Gasteiger partial charge on any atom is 0.0278 e. The molecular weight excluding hydrogens is 192 g/mol. The Labute approximate surface area is 90.3 Å². The molecule has 2 nitrogen and oxygen atoms in total. The van der Waals surface area contributed by atoms with Crippen molar-refractivity contribution in [1.29, 1.82) is 0 Å². The maximum atomic E-state index is 5.67. The molecule has 3 heteroatoms. The van der Waals surface area contributed by atoms with Crippen LogP contribution < -0.4 is 5.73 Å². The molecule has 0 amide bonds. The molecule has 0 aromatic carbocycles. The van der Waals surface area contributed by atoms with E-state index in [9.17, 15) is 0 Å². The molecule has 1 unspecified atom stereocenters. The van der Waals surface area contributed by atoms with Gasteiger partial charge in [-0.15, -0.1) is 11.8 Å². The molecule has 0 saturated carbocycles. The molecule has 78 valence electrons. The van der Waals surface area contributed by atoms with Crippen LogP contribution in [0.1, 0.15) is 26.2 Å². The van der Waals surface area contributed by atoms with Gasteiger partial charge in [-0.05, 0) is 37.7 Å². The summed E-state index contributed by atoms with van der Waals surface area (Å²) in [6.45, 7) is 2.07. The Morgan fingerprint density at radius 2 is 2.07 bits per heavy atom. The Balaban J connectivity index is 2.05. The molecule has 0 fully saturated rings. The van der Waals surface area contributed by atoms with Crippen LogP contribution in [0.2, 0.25) is 0 Å². The highest BCUT2D eigenvalue weighted by Gasteiger charge is 1.95. The topological polar surface area (TPSA) is 38.9 Å². The zero-order valence-corrected chi connectivity index (χ0v) is 9.46. The second kappa shape index (κ2) is 6.85. The highest BCUT2D eigenvalue weighted by atomic mass is 32.2. The summed E-state index contributed by atoms with van der Waals surface area (Å²) in [6, 6.07) is 4.45. The van der Waals surface area contributed by atoms with Crippen LogP contribution in [0.3, 0.4) is 0 Å². The van der Waals surface area contributed by atoms with Crippen LogP contribution in [0.5, 0.6) is 0 Å². The van der Waals surface area contributed by atoms with E-state index in [0.717, 1.165) is 6.42 Å². The molecular formula is C11H18N2S. The van der Waals surface area contributed by atoms with Crippen LogP contribution >= 0.6 is 11.8 Å². The van der Waals surface area contributed by atoms with E-state index in [2.05, 4.69) is 24.0 Å². The van der Waals surface area contributed by atoms with Gasteiger partial charge in [-0.2, -0.15) is 0 Å². The fourth-order valence-electron chi connectivity index (χ4n) is 1.19. The Hall–Kier alpha value is -0.540. The minimum absolute atomic E-state index is 0.348. The first-order chi connectivity index (χ1) is 6.79. The van der Waals surface area contributed by atoms with Crippen molar-refractivity contribution in [3.63, 3.8) is 0 Å². The number of nitrogens with zero attached hydrogens (tertiary/aromatic N) is 1. The molecule has 0 radical (unpaired) electrons. The lowest BCUT2D eigenvalue weighted by atomic mass is 10.2. The number of pyridine rings is 1. The van der Waals surface area contributed by atoms with E-state index in [4.69, 9.17) is 5.73 Å². The first-order valence-corrected chi connectivity index (χ1v) is 6.06. The standard InChI is InChI=1S/C11H18N2S/c1-10(12)4-2-3-9-14-11-5-7-13-8-6-11/h5-8,10H,2-4,9,12H2,1H3. The Morgan fingerprint density at radius 3 is 2.71 bits per heavy atom. The van der Waals surface area contributed by atoms with E-state index in [1.807, 2.05) is 24.2 Å². The summed E-state index contributed by atoms with van der Waals surface area (Å²) in [5, 5.41) is 0. The molecule has 1 atom stereocenters. The molecule has 0 aliphatic carbocycles. The third-order valence-corrected chi connectivity index (χ3v) is 3.07. The third-order valence-electron chi connectivity index (χ3n) is 1.97. The van der Waals surface area contributed by atoms with Gasteiger partial charge in [0, 0.05) is 23.3 Å². The molecule has 0 spiro atoms. The predicted molar refractivity (Wildman–Crippen MR) is 62.5 cm³/mol. The SMILES string of the molecule is CC(N)CCCCSc1ccncc1. The first kappa shape index (κ1) is 11.5. The summed E-state index contributed by atoms with van der Waals surface area (Å²) in [6.07, 6.45) is 7.29. The minimum atomic E-state index is 0.348. The summed E-state index contributed by atoms with van der Waals surface area (Å²) >= 11 is 1.89. The number of unbranched alkanes of at least 4 members (excludes halogenated alkanes) is 1.